The molecule has 7 heteroatoms. The second-order valence-electron chi connectivity index (χ2n) is 5.79. The number of nitrogens with zero attached hydrogens (tertiary/aromatic N) is 1. The fourth-order valence-corrected chi connectivity index (χ4v) is 1.16. The molecule has 0 N–H and O–H groups in total. The molecule has 0 spiro atoms. The van der Waals surface area contributed by atoms with Gasteiger partial charge in [0.25, 0.3) is 0 Å². The van der Waals surface area contributed by atoms with E-state index in [0.717, 1.165) is 25.1 Å². The number of esters is 3. The maximum atomic E-state index is 10.8. The molecule has 1 aliphatic carbocycles. The zero-order chi connectivity index (χ0) is 20.7. The number of carbonyl (C=O) groups excluding carboxylic acids is 3. The summed E-state index contributed by atoms with van der Waals surface area (Å²) in [5, 5.41) is 0. The maximum absolute atomic E-state index is 10.8. The summed E-state index contributed by atoms with van der Waals surface area (Å²) in [5.74, 6) is -0.0414. The molecule has 1 rings (SSSR count). The van der Waals surface area contributed by atoms with E-state index in [1.807, 2.05) is 25.1 Å². The Morgan fingerprint density at radius 3 is 1.77 bits per heavy atom. The van der Waals surface area contributed by atoms with Crippen molar-refractivity contribution in [2.75, 3.05) is 34.4 Å². The number of allylic oxidation sites excluding steroid dienone is 2. The van der Waals surface area contributed by atoms with E-state index in [-0.39, 0.29) is 17.9 Å². The highest BCUT2D eigenvalue weighted by Gasteiger charge is 2.07. The van der Waals surface area contributed by atoms with Gasteiger partial charge in [-0.15, -0.1) is 0 Å². The van der Waals surface area contributed by atoms with E-state index in [4.69, 9.17) is 9.47 Å². The van der Waals surface area contributed by atoms with E-state index in [9.17, 15) is 14.4 Å². The van der Waals surface area contributed by atoms with Gasteiger partial charge < -0.3 is 19.1 Å². The van der Waals surface area contributed by atoms with Crippen LogP contribution >= 0.6 is 0 Å². The average molecular weight is 369 g/mol. The normalized spacial score (nSPS) is 11.3. The van der Waals surface area contributed by atoms with Crippen molar-refractivity contribution in [2.45, 2.75) is 33.6 Å². The molecule has 0 unspecified atom stereocenters. The molecule has 0 bridgehead atoms. The lowest BCUT2D eigenvalue weighted by Crippen LogP contribution is -2.20. The van der Waals surface area contributed by atoms with Crippen LogP contribution in [0.3, 0.4) is 0 Å². The molecule has 1 aliphatic rings. The van der Waals surface area contributed by atoms with E-state index < -0.39 is 0 Å². The van der Waals surface area contributed by atoms with Crippen LogP contribution in [0.25, 0.3) is 0 Å². The van der Waals surface area contributed by atoms with Gasteiger partial charge in [-0.25, -0.2) is 9.59 Å². The Morgan fingerprint density at radius 2 is 1.58 bits per heavy atom. The minimum atomic E-state index is -0.347. The summed E-state index contributed by atoms with van der Waals surface area (Å²) in [6.07, 6.45) is 3.91. The van der Waals surface area contributed by atoms with Gasteiger partial charge in [0.05, 0.1) is 7.11 Å². The molecule has 0 aromatic heterocycles. The fraction of sp³-hybridized carbons (Fsp3) is 0.526. The van der Waals surface area contributed by atoms with Crippen LogP contribution in [0.2, 0.25) is 0 Å². The smallest absolute Gasteiger partial charge is 0.333 e. The van der Waals surface area contributed by atoms with Crippen LogP contribution in [0.4, 0.5) is 0 Å². The molecule has 26 heavy (non-hydrogen) atoms. The highest BCUT2D eigenvalue weighted by atomic mass is 16.5. The number of hydrogen-bond acceptors (Lipinski definition) is 7. The number of methoxy groups -OCH3 is 1. The topological polar surface area (TPSA) is 82.1 Å². The van der Waals surface area contributed by atoms with E-state index in [0.29, 0.717) is 17.8 Å². The zero-order valence-corrected chi connectivity index (χ0v) is 16.7. The van der Waals surface area contributed by atoms with Gasteiger partial charge in [-0.05, 0) is 40.4 Å². The Balaban J connectivity index is 0. The first-order valence-corrected chi connectivity index (χ1v) is 8.09. The molecule has 0 aromatic rings. The predicted octanol–water partition coefficient (Wildman–Crippen LogP) is 2.63. The van der Waals surface area contributed by atoms with E-state index in [2.05, 4.69) is 17.9 Å². The Labute approximate surface area is 156 Å². The first kappa shape index (κ1) is 25.8. The van der Waals surface area contributed by atoms with Crippen molar-refractivity contribution in [3.63, 3.8) is 0 Å². The summed E-state index contributed by atoms with van der Waals surface area (Å²) in [4.78, 5) is 33.1. The lowest BCUT2D eigenvalue weighted by molar-refractivity contribution is -0.139. The summed E-state index contributed by atoms with van der Waals surface area (Å²) in [5.41, 5.74) is 0.881. The molecule has 0 aromatic carbocycles. The van der Waals surface area contributed by atoms with Gasteiger partial charge in [-0.2, -0.15) is 0 Å². The van der Waals surface area contributed by atoms with E-state index in [1.54, 1.807) is 13.8 Å². The van der Waals surface area contributed by atoms with Crippen molar-refractivity contribution in [3.05, 3.63) is 36.1 Å². The van der Waals surface area contributed by atoms with Crippen LogP contribution in [-0.2, 0) is 28.6 Å². The Kier molecular flexibility index (Phi) is 14.8. The maximum Gasteiger partial charge on any atom is 0.333 e. The Morgan fingerprint density at radius 1 is 1.08 bits per heavy atom. The van der Waals surface area contributed by atoms with Crippen molar-refractivity contribution in [1.29, 1.82) is 0 Å². The van der Waals surface area contributed by atoms with Crippen LogP contribution in [-0.4, -0.2) is 57.2 Å². The molecule has 0 atom stereocenters. The molecule has 7 nitrogen and oxygen atoms in total. The van der Waals surface area contributed by atoms with Crippen LogP contribution in [0, 0.1) is 0 Å². The van der Waals surface area contributed by atoms with Crippen molar-refractivity contribution >= 4 is 17.9 Å². The minimum Gasteiger partial charge on any atom is -0.466 e. The van der Waals surface area contributed by atoms with Crippen LogP contribution in [0.15, 0.2) is 36.1 Å². The number of carbonyl (C=O) groups is 3. The van der Waals surface area contributed by atoms with Gasteiger partial charge in [0.2, 0.25) is 0 Å². The second-order valence-corrected chi connectivity index (χ2v) is 5.79. The molecule has 0 amide bonds. The Hall–Kier alpha value is -2.41. The van der Waals surface area contributed by atoms with Crippen LogP contribution in [0.5, 0.6) is 0 Å². The molecule has 0 aliphatic heterocycles. The van der Waals surface area contributed by atoms with Gasteiger partial charge >= 0.3 is 17.9 Å². The van der Waals surface area contributed by atoms with Crippen molar-refractivity contribution < 1.29 is 28.6 Å². The third-order valence-electron chi connectivity index (χ3n) is 2.69. The summed E-state index contributed by atoms with van der Waals surface area (Å²) in [6.45, 7) is 12.7. The number of rotatable bonds is 6. The first-order valence-electron chi connectivity index (χ1n) is 8.09. The summed E-state index contributed by atoms with van der Waals surface area (Å²) >= 11 is 0. The van der Waals surface area contributed by atoms with Gasteiger partial charge in [-0.1, -0.05) is 13.2 Å². The molecular formula is C19H31NO6. The molecule has 0 radical (unpaired) electrons. The average Bonchev–Trinajstić information content (AvgIpc) is 2.50. The zero-order valence-electron chi connectivity index (χ0n) is 16.7. The lowest BCUT2D eigenvalue weighted by Gasteiger charge is -2.11. The van der Waals surface area contributed by atoms with Gasteiger partial charge in [0.15, 0.2) is 0 Å². The molecule has 0 heterocycles. The quantitative estimate of drug-likeness (QED) is 0.404. The molecule has 0 saturated heterocycles. The minimum absolute atomic E-state index is 0.212. The van der Waals surface area contributed by atoms with E-state index >= 15 is 0 Å². The standard InChI is InChI=1S/C8H15NO2.C6H8O2.C5H8O2/c1-7(2)8(10)11-6-5-9(3)4;1-5(7)8-6-3-2-4-6;1-4(2)5(6)7-3/h1,5-6H2,2-4H3;3H,2,4H2,1H3;1H2,2-3H3. The highest BCUT2D eigenvalue weighted by molar-refractivity contribution is 5.87. The van der Waals surface area contributed by atoms with Gasteiger partial charge in [0.1, 0.15) is 12.4 Å². The van der Waals surface area contributed by atoms with Crippen LogP contribution < -0.4 is 0 Å². The third kappa shape index (κ3) is 16.4. The molecule has 0 fully saturated rings. The summed E-state index contributed by atoms with van der Waals surface area (Å²) in [7, 11) is 5.18. The van der Waals surface area contributed by atoms with E-state index in [1.165, 1.54) is 14.0 Å². The predicted molar refractivity (Wildman–Crippen MR) is 100 cm³/mol. The number of hydrogen-bond donors (Lipinski definition) is 0. The first-order chi connectivity index (χ1) is 12.0. The third-order valence-corrected chi connectivity index (χ3v) is 2.69. The van der Waals surface area contributed by atoms with Gasteiger partial charge in [-0.3, -0.25) is 4.79 Å². The molecule has 148 valence electrons. The van der Waals surface area contributed by atoms with Crippen LogP contribution in [0.1, 0.15) is 33.6 Å². The van der Waals surface area contributed by atoms with Crippen molar-refractivity contribution in [2.24, 2.45) is 0 Å². The SMILES string of the molecule is C=C(C)C(=O)OC.C=C(C)C(=O)OCCN(C)C.CC(=O)OC1=CCC1. The monoisotopic (exact) mass is 369 g/mol. The number of likely N-dealkylation sites (N-methyl/N-ethyl adjacent to an activating group) is 1. The van der Waals surface area contributed by atoms with Crippen molar-refractivity contribution in [1.82, 2.24) is 4.90 Å². The highest BCUT2D eigenvalue weighted by Crippen LogP contribution is 2.18. The Bertz CT molecular complexity index is 534. The summed E-state index contributed by atoms with van der Waals surface area (Å²) < 4.78 is 13.8. The van der Waals surface area contributed by atoms with Gasteiger partial charge in [0, 0.05) is 31.0 Å². The fourth-order valence-electron chi connectivity index (χ4n) is 1.16. The number of ether oxygens (including phenoxy) is 3. The van der Waals surface area contributed by atoms with Crippen molar-refractivity contribution in [3.8, 4) is 0 Å². The molecule has 0 saturated carbocycles. The summed E-state index contributed by atoms with van der Waals surface area (Å²) in [6, 6.07) is 0. The lowest BCUT2D eigenvalue weighted by atomic mass is 10.1. The second kappa shape index (κ2) is 14.9. The molecular weight excluding hydrogens is 338 g/mol. The largest absolute Gasteiger partial charge is 0.466 e.